The fraction of sp³-hybridized carbons (Fsp3) is 0.273. The molecule has 0 saturated carbocycles. The van der Waals surface area contributed by atoms with E-state index in [2.05, 4.69) is 15.9 Å². The molecule has 1 N–H and O–H groups in total. The van der Waals surface area contributed by atoms with E-state index in [4.69, 9.17) is 14.6 Å². The highest BCUT2D eigenvalue weighted by Crippen LogP contribution is 2.40. The fourth-order valence-corrected chi connectivity index (χ4v) is 2.22. The lowest BCUT2D eigenvalue weighted by Gasteiger charge is -2.22. The molecule has 1 aliphatic rings. The SMILES string of the molecule is O=Cc1c(Br)cc(CC(=O)O)c2c1OCCO2. The van der Waals surface area contributed by atoms with Crippen molar-refractivity contribution < 1.29 is 24.2 Å². The molecule has 1 aromatic carbocycles. The van der Waals surface area contributed by atoms with Crippen molar-refractivity contribution in [3.8, 4) is 11.5 Å². The highest BCUT2D eigenvalue weighted by molar-refractivity contribution is 9.10. The van der Waals surface area contributed by atoms with Gasteiger partial charge in [0, 0.05) is 10.0 Å². The summed E-state index contributed by atoms with van der Waals surface area (Å²) in [7, 11) is 0. The quantitative estimate of drug-likeness (QED) is 0.860. The molecule has 0 atom stereocenters. The predicted octanol–water partition coefficient (Wildman–Crippen LogP) is 1.66. The van der Waals surface area contributed by atoms with Gasteiger partial charge in [-0.1, -0.05) is 0 Å². The third-order valence-corrected chi connectivity index (χ3v) is 2.99. The van der Waals surface area contributed by atoms with Crippen molar-refractivity contribution in [3.63, 3.8) is 0 Å². The zero-order valence-electron chi connectivity index (χ0n) is 8.73. The van der Waals surface area contributed by atoms with E-state index in [1.807, 2.05) is 0 Å². The molecule has 5 nitrogen and oxygen atoms in total. The molecule has 90 valence electrons. The standard InChI is InChI=1S/C11H9BrO5/c12-8-3-6(4-9(14)15)10-11(7(8)5-13)17-2-1-16-10/h3,5H,1-2,4H2,(H,14,15). The van der Waals surface area contributed by atoms with Crippen LogP contribution in [-0.4, -0.2) is 30.6 Å². The van der Waals surface area contributed by atoms with E-state index < -0.39 is 5.97 Å². The zero-order chi connectivity index (χ0) is 12.4. The molecule has 2 rings (SSSR count). The van der Waals surface area contributed by atoms with Crippen molar-refractivity contribution in [1.29, 1.82) is 0 Å². The molecule has 1 aromatic rings. The minimum absolute atomic E-state index is 0.177. The number of carbonyl (C=O) groups excluding carboxylic acids is 1. The molecule has 0 unspecified atom stereocenters. The van der Waals surface area contributed by atoms with Crippen LogP contribution in [0.5, 0.6) is 11.5 Å². The topological polar surface area (TPSA) is 72.8 Å². The van der Waals surface area contributed by atoms with Gasteiger partial charge in [0.05, 0.1) is 12.0 Å². The Morgan fingerprint density at radius 1 is 1.41 bits per heavy atom. The van der Waals surface area contributed by atoms with Crippen LogP contribution in [-0.2, 0) is 11.2 Å². The molecule has 0 bridgehead atoms. The normalized spacial score (nSPS) is 13.2. The van der Waals surface area contributed by atoms with Crippen molar-refractivity contribution >= 4 is 28.2 Å². The highest BCUT2D eigenvalue weighted by Gasteiger charge is 2.23. The van der Waals surface area contributed by atoms with Crippen molar-refractivity contribution in [2.75, 3.05) is 13.2 Å². The van der Waals surface area contributed by atoms with E-state index in [0.29, 0.717) is 46.6 Å². The molecule has 1 heterocycles. The number of carbonyl (C=O) groups is 2. The first-order valence-electron chi connectivity index (χ1n) is 4.91. The first-order chi connectivity index (χ1) is 8.13. The Labute approximate surface area is 105 Å². The Morgan fingerprint density at radius 3 is 2.65 bits per heavy atom. The summed E-state index contributed by atoms with van der Waals surface area (Å²) in [5.41, 5.74) is 0.832. The monoisotopic (exact) mass is 300 g/mol. The molecule has 0 fully saturated rings. The summed E-state index contributed by atoms with van der Waals surface area (Å²) in [5, 5.41) is 8.80. The lowest BCUT2D eigenvalue weighted by atomic mass is 10.1. The van der Waals surface area contributed by atoms with Gasteiger partial charge in [0.2, 0.25) is 0 Å². The molecule has 0 amide bonds. The molecular formula is C11H9BrO5. The van der Waals surface area contributed by atoms with Crippen LogP contribution in [0.15, 0.2) is 10.5 Å². The number of rotatable bonds is 3. The van der Waals surface area contributed by atoms with Crippen molar-refractivity contribution in [1.82, 2.24) is 0 Å². The predicted molar refractivity (Wildman–Crippen MR) is 61.9 cm³/mol. The second-order valence-electron chi connectivity index (χ2n) is 3.47. The lowest BCUT2D eigenvalue weighted by molar-refractivity contribution is -0.136. The minimum Gasteiger partial charge on any atom is -0.486 e. The molecule has 17 heavy (non-hydrogen) atoms. The van der Waals surface area contributed by atoms with Crippen LogP contribution in [0.4, 0.5) is 0 Å². The van der Waals surface area contributed by atoms with Gasteiger partial charge in [-0.2, -0.15) is 0 Å². The highest BCUT2D eigenvalue weighted by atomic mass is 79.9. The number of hydrogen-bond acceptors (Lipinski definition) is 4. The van der Waals surface area contributed by atoms with Crippen LogP contribution in [0, 0.1) is 0 Å². The Bertz CT molecular complexity index is 483. The van der Waals surface area contributed by atoms with Gasteiger partial charge in [0.15, 0.2) is 17.8 Å². The van der Waals surface area contributed by atoms with Crippen LogP contribution in [0.25, 0.3) is 0 Å². The van der Waals surface area contributed by atoms with Crippen LogP contribution >= 0.6 is 15.9 Å². The summed E-state index contributed by atoms with van der Waals surface area (Å²) in [4.78, 5) is 21.7. The third-order valence-electron chi connectivity index (χ3n) is 2.34. The number of carboxylic acids is 1. The third kappa shape index (κ3) is 2.26. The average Bonchev–Trinajstić information content (AvgIpc) is 2.28. The van der Waals surface area contributed by atoms with Crippen LogP contribution in [0.1, 0.15) is 15.9 Å². The maximum Gasteiger partial charge on any atom is 0.307 e. The molecular weight excluding hydrogens is 292 g/mol. The van der Waals surface area contributed by atoms with Gasteiger partial charge < -0.3 is 14.6 Å². The summed E-state index contributed by atoms with van der Waals surface area (Å²) in [5.74, 6) is -0.298. The summed E-state index contributed by atoms with van der Waals surface area (Å²) in [6.45, 7) is 0.691. The van der Waals surface area contributed by atoms with E-state index in [1.165, 1.54) is 0 Å². The van der Waals surface area contributed by atoms with Gasteiger partial charge in [-0.15, -0.1) is 0 Å². The Kier molecular flexibility index (Phi) is 3.33. The number of carboxylic acid groups (broad SMARTS) is 1. The Hall–Kier alpha value is -1.56. The molecule has 0 saturated heterocycles. The van der Waals surface area contributed by atoms with E-state index in [1.54, 1.807) is 6.07 Å². The van der Waals surface area contributed by atoms with Gasteiger partial charge in [-0.3, -0.25) is 9.59 Å². The first kappa shape index (κ1) is 11.9. The van der Waals surface area contributed by atoms with Crippen LogP contribution < -0.4 is 9.47 Å². The fourth-order valence-electron chi connectivity index (χ4n) is 1.67. The lowest BCUT2D eigenvalue weighted by Crippen LogP contribution is -2.19. The molecule has 0 spiro atoms. The number of hydrogen-bond donors (Lipinski definition) is 1. The number of benzene rings is 1. The Balaban J connectivity index is 2.57. The van der Waals surface area contributed by atoms with Gasteiger partial charge in [0.25, 0.3) is 0 Å². The number of halogens is 1. The van der Waals surface area contributed by atoms with E-state index >= 15 is 0 Å². The molecule has 0 aliphatic carbocycles. The van der Waals surface area contributed by atoms with E-state index in [-0.39, 0.29) is 6.42 Å². The molecule has 0 radical (unpaired) electrons. The van der Waals surface area contributed by atoms with Crippen molar-refractivity contribution in [2.24, 2.45) is 0 Å². The number of ether oxygens (including phenoxy) is 2. The van der Waals surface area contributed by atoms with Crippen LogP contribution in [0.2, 0.25) is 0 Å². The molecule has 0 aromatic heterocycles. The maximum absolute atomic E-state index is 11.0. The summed E-state index contributed by atoms with van der Waals surface area (Å²) >= 11 is 3.22. The number of fused-ring (bicyclic) bond motifs is 1. The van der Waals surface area contributed by atoms with Crippen LogP contribution in [0.3, 0.4) is 0 Å². The number of aldehydes is 1. The Morgan fingerprint density at radius 2 is 2.06 bits per heavy atom. The number of aliphatic carboxylic acids is 1. The second kappa shape index (κ2) is 4.75. The van der Waals surface area contributed by atoms with Gasteiger partial charge in [-0.25, -0.2) is 0 Å². The smallest absolute Gasteiger partial charge is 0.307 e. The summed E-state index contributed by atoms with van der Waals surface area (Å²) in [6, 6.07) is 1.57. The first-order valence-corrected chi connectivity index (χ1v) is 5.70. The largest absolute Gasteiger partial charge is 0.486 e. The van der Waals surface area contributed by atoms with Crippen molar-refractivity contribution in [3.05, 3.63) is 21.7 Å². The van der Waals surface area contributed by atoms with E-state index in [0.717, 1.165) is 0 Å². The zero-order valence-corrected chi connectivity index (χ0v) is 10.3. The molecule has 6 heteroatoms. The van der Waals surface area contributed by atoms with Crippen molar-refractivity contribution in [2.45, 2.75) is 6.42 Å². The summed E-state index contributed by atoms with van der Waals surface area (Å²) < 4.78 is 11.3. The maximum atomic E-state index is 11.0. The molecule has 1 aliphatic heterocycles. The van der Waals surface area contributed by atoms with Gasteiger partial charge in [-0.05, 0) is 22.0 Å². The average molecular weight is 301 g/mol. The van der Waals surface area contributed by atoms with Gasteiger partial charge in [0.1, 0.15) is 13.2 Å². The van der Waals surface area contributed by atoms with Gasteiger partial charge >= 0.3 is 5.97 Å². The summed E-state index contributed by atoms with van der Waals surface area (Å²) in [6.07, 6.45) is 0.478. The minimum atomic E-state index is -0.966. The second-order valence-corrected chi connectivity index (χ2v) is 4.33. The van der Waals surface area contributed by atoms with E-state index in [9.17, 15) is 9.59 Å².